The fraction of sp³-hybridized carbons (Fsp3) is 0.550. The van der Waals surface area contributed by atoms with Gasteiger partial charge in [0, 0.05) is 31.2 Å². The molecule has 0 saturated heterocycles. The number of carboxylic acids is 3. The Hall–Kier alpha value is -4.05. The van der Waals surface area contributed by atoms with E-state index >= 15 is 0 Å². The fourth-order valence-electron chi connectivity index (χ4n) is 2.97. The maximum Gasteiger partial charge on any atom is 0.328 e. The predicted molar refractivity (Wildman–Crippen MR) is 119 cm³/mol. The summed E-state index contributed by atoms with van der Waals surface area (Å²) in [5.41, 5.74) is 6.10. The molecule has 200 valence electrons. The lowest BCUT2D eigenvalue weighted by atomic mass is 10.1. The topological polar surface area (TPSA) is 274 Å². The van der Waals surface area contributed by atoms with Gasteiger partial charge < -0.3 is 47.1 Å². The Morgan fingerprint density at radius 1 is 0.917 bits per heavy atom. The quantitative estimate of drug-likeness (QED) is 0.106. The van der Waals surface area contributed by atoms with Crippen LogP contribution >= 0.6 is 0 Å². The monoisotopic (exact) mass is 514 g/mol. The van der Waals surface area contributed by atoms with Crippen molar-refractivity contribution in [1.29, 1.82) is 0 Å². The molecule has 0 aliphatic carbocycles. The molecule has 1 rings (SSSR count). The van der Waals surface area contributed by atoms with Crippen molar-refractivity contribution >= 4 is 35.6 Å². The number of hydrogen-bond donors (Lipinski definition) is 9. The number of amides is 3. The number of carbonyl (C=O) groups is 6. The van der Waals surface area contributed by atoms with E-state index in [0.29, 0.717) is 5.69 Å². The SMILES string of the molecule is CC(O)C(NC(=O)C(CCC(=O)O)NC(=O)C(Cc1cnc[nH]1)NC(=O)C(N)CCC(=O)O)C(=O)O. The van der Waals surface area contributed by atoms with E-state index in [4.69, 9.17) is 15.9 Å². The number of aliphatic carboxylic acids is 3. The molecule has 1 heterocycles. The molecule has 5 atom stereocenters. The van der Waals surface area contributed by atoms with Crippen molar-refractivity contribution in [3.8, 4) is 0 Å². The van der Waals surface area contributed by atoms with Crippen LogP contribution in [0.5, 0.6) is 0 Å². The van der Waals surface area contributed by atoms with E-state index in [2.05, 4.69) is 20.6 Å². The molecule has 3 amide bonds. The summed E-state index contributed by atoms with van der Waals surface area (Å²) in [6.07, 6.45) is -0.563. The second-order valence-corrected chi connectivity index (χ2v) is 7.94. The summed E-state index contributed by atoms with van der Waals surface area (Å²) in [7, 11) is 0. The number of nitrogens with zero attached hydrogens (tertiary/aromatic N) is 1. The Morgan fingerprint density at radius 3 is 1.97 bits per heavy atom. The summed E-state index contributed by atoms with van der Waals surface area (Å²) in [6.45, 7) is 1.12. The van der Waals surface area contributed by atoms with E-state index in [1.807, 2.05) is 5.32 Å². The zero-order valence-electron chi connectivity index (χ0n) is 19.3. The van der Waals surface area contributed by atoms with Gasteiger partial charge in [-0.15, -0.1) is 0 Å². The lowest BCUT2D eigenvalue weighted by molar-refractivity contribution is -0.145. The van der Waals surface area contributed by atoms with Crippen LogP contribution < -0.4 is 21.7 Å². The zero-order chi connectivity index (χ0) is 27.4. The Bertz CT molecular complexity index is 935. The number of aromatic nitrogens is 2. The van der Waals surface area contributed by atoms with Crippen LogP contribution in [0.15, 0.2) is 12.5 Å². The van der Waals surface area contributed by atoms with Gasteiger partial charge in [0.15, 0.2) is 6.04 Å². The zero-order valence-corrected chi connectivity index (χ0v) is 19.3. The van der Waals surface area contributed by atoms with E-state index in [9.17, 15) is 39.0 Å². The van der Waals surface area contributed by atoms with E-state index in [1.165, 1.54) is 12.5 Å². The fourth-order valence-corrected chi connectivity index (χ4v) is 2.97. The van der Waals surface area contributed by atoms with Crippen LogP contribution in [0.1, 0.15) is 38.3 Å². The molecule has 0 aliphatic heterocycles. The Kier molecular flexibility index (Phi) is 12.0. The van der Waals surface area contributed by atoms with Crippen LogP contribution in [-0.2, 0) is 35.2 Å². The lowest BCUT2D eigenvalue weighted by Gasteiger charge is -2.25. The molecule has 0 aliphatic rings. The van der Waals surface area contributed by atoms with Crippen LogP contribution in [0, 0.1) is 0 Å². The maximum absolute atomic E-state index is 13.0. The molecule has 0 spiro atoms. The number of hydrogen-bond acceptors (Lipinski definition) is 9. The number of aliphatic hydroxyl groups is 1. The molecule has 0 bridgehead atoms. The second-order valence-electron chi connectivity index (χ2n) is 7.94. The minimum atomic E-state index is -1.73. The van der Waals surface area contributed by atoms with Gasteiger partial charge in [-0.1, -0.05) is 0 Å². The van der Waals surface area contributed by atoms with Crippen molar-refractivity contribution in [2.24, 2.45) is 5.73 Å². The van der Waals surface area contributed by atoms with Gasteiger partial charge in [0.05, 0.1) is 18.5 Å². The normalized spacial score (nSPS) is 15.0. The second kappa shape index (κ2) is 14.4. The summed E-state index contributed by atoms with van der Waals surface area (Å²) in [4.78, 5) is 77.7. The van der Waals surface area contributed by atoms with Gasteiger partial charge in [0.25, 0.3) is 0 Å². The van der Waals surface area contributed by atoms with Crippen LogP contribution in [0.2, 0.25) is 0 Å². The van der Waals surface area contributed by atoms with Gasteiger partial charge in [-0.05, 0) is 19.8 Å². The Morgan fingerprint density at radius 2 is 1.47 bits per heavy atom. The predicted octanol–water partition coefficient (Wildman–Crippen LogP) is -3.07. The number of aliphatic hydroxyl groups excluding tert-OH is 1. The third kappa shape index (κ3) is 10.5. The van der Waals surface area contributed by atoms with E-state index in [-0.39, 0.29) is 12.8 Å². The third-order valence-corrected chi connectivity index (χ3v) is 4.94. The summed E-state index contributed by atoms with van der Waals surface area (Å²) in [5, 5.41) is 43.2. The average molecular weight is 514 g/mol. The van der Waals surface area contributed by atoms with Gasteiger partial charge >= 0.3 is 17.9 Å². The first-order valence-electron chi connectivity index (χ1n) is 10.8. The smallest absolute Gasteiger partial charge is 0.328 e. The first-order valence-corrected chi connectivity index (χ1v) is 10.8. The molecule has 10 N–H and O–H groups in total. The minimum absolute atomic E-state index is 0.151. The minimum Gasteiger partial charge on any atom is -0.481 e. The highest BCUT2D eigenvalue weighted by Crippen LogP contribution is 2.06. The van der Waals surface area contributed by atoms with Gasteiger partial charge in [0.2, 0.25) is 17.7 Å². The first kappa shape index (κ1) is 30.0. The highest BCUT2D eigenvalue weighted by molar-refractivity contribution is 5.94. The first-order chi connectivity index (χ1) is 16.8. The highest BCUT2D eigenvalue weighted by atomic mass is 16.4. The molecule has 0 saturated carbocycles. The van der Waals surface area contributed by atoms with Crippen molar-refractivity contribution < 1.29 is 49.2 Å². The van der Waals surface area contributed by atoms with Crippen molar-refractivity contribution in [2.75, 3.05) is 0 Å². The van der Waals surface area contributed by atoms with Crippen LogP contribution in [0.3, 0.4) is 0 Å². The number of carboxylic acid groups (broad SMARTS) is 3. The summed E-state index contributed by atoms with van der Waals surface area (Å²) >= 11 is 0. The van der Waals surface area contributed by atoms with Crippen molar-refractivity contribution in [1.82, 2.24) is 25.9 Å². The summed E-state index contributed by atoms with van der Waals surface area (Å²) in [5.74, 6) is -6.86. The number of imidazole rings is 1. The molecule has 0 aromatic carbocycles. The number of H-pyrrole nitrogens is 1. The van der Waals surface area contributed by atoms with Gasteiger partial charge in [-0.25, -0.2) is 9.78 Å². The number of rotatable bonds is 16. The van der Waals surface area contributed by atoms with Gasteiger partial charge in [-0.3, -0.25) is 24.0 Å². The van der Waals surface area contributed by atoms with E-state index in [0.717, 1.165) is 6.92 Å². The molecule has 1 aromatic heterocycles. The molecule has 1 aromatic rings. The van der Waals surface area contributed by atoms with Crippen molar-refractivity contribution in [2.45, 2.75) is 69.3 Å². The van der Waals surface area contributed by atoms with Crippen LogP contribution in [-0.4, -0.2) is 96.3 Å². The number of nitrogens with two attached hydrogens (primary N) is 1. The molecular weight excluding hydrogens is 484 g/mol. The molecule has 36 heavy (non-hydrogen) atoms. The Balaban J connectivity index is 3.07. The largest absolute Gasteiger partial charge is 0.481 e. The number of nitrogens with one attached hydrogen (secondary N) is 4. The average Bonchev–Trinajstić information content (AvgIpc) is 3.30. The number of aromatic amines is 1. The highest BCUT2D eigenvalue weighted by Gasteiger charge is 2.32. The molecule has 5 unspecified atom stereocenters. The van der Waals surface area contributed by atoms with E-state index < -0.39 is 85.2 Å². The van der Waals surface area contributed by atoms with Crippen LogP contribution in [0.4, 0.5) is 0 Å². The van der Waals surface area contributed by atoms with Crippen molar-refractivity contribution in [3.63, 3.8) is 0 Å². The summed E-state index contributed by atoms with van der Waals surface area (Å²) in [6, 6.07) is -5.86. The molecule has 0 radical (unpaired) electrons. The van der Waals surface area contributed by atoms with E-state index in [1.54, 1.807) is 0 Å². The lowest BCUT2D eigenvalue weighted by Crippen LogP contribution is -2.58. The molecule has 16 nitrogen and oxygen atoms in total. The molecular formula is C20H30N6O10. The van der Waals surface area contributed by atoms with Crippen LogP contribution in [0.25, 0.3) is 0 Å². The summed E-state index contributed by atoms with van der Waals surface area (Å²) < 4.78 is 0. The van der Waals surface area contributed by atoms with Gasteiger partial charge in [-0.2, -0.15) is 0 Å². The third-order valence-electron chi connectivity index (χ3n) is 4.94. The maximum atomic E-state index is 13.0. The number of carbonyl (C=O) groups excluding carboxylic acids is 3. The standard InChI is InChI=1S/C20H30N6O10/c1-9(27)16(20(35)36)26-18(33)12(3-5-15(30)31)24-19(34)13(6-10-7-22-8-23-10)25-17(32)11(21)2-4-14(28)29/h7-9,11-13,16,27H,2-6,21H2,1H3,(H,22,23)(H,24,34)(H,25,32)(H,26,33)(H,28,29)(H,30,31)(H,35,36). The molecule has 0 fully saturated rings. The van der Waals surface area contributed by atoms with Gasteiger partial charge in [0.1, 0.15) is 12.1 Å². The molecule has 16 heteroatoms. The van der Waals surface area contributed by atoms with Crippen molar-refractivity contribution in [3.05, 3.63) is 18.2 Å². The Labute approximate surface area is 204 Å².